The fraction of sp³-hybridized carbons (Fsp3) is 0.389. The number of anilines is 3. The van der Waals surface area contributed by atoms with Crippen molar-refractivity contribution < 1.29 is 13.2 Å². The molecule has 9 heteroatoms. The molecular formula is C18H25N5O3S. The normalized spacial score (nSPS) is 11.1. The molecule has 0 atom stereocenters. The van der Waals surface area contributed by atoms with E-state index in [4.69, 9.17) is 0 Å². The van der Waals surface area contributed by atoms with Crippen molar-refractivity contribution in [3.05, 3.63) is 36.4 Å². The van der Waals surface area contributed by atoms with E-state index in [1.54, 1.807) is 12.1 Å². The monoisotopic (exact) mass is 391 g/mol. The summed E-state index contributed by atoms with van der Waals surface area (Å²) in [5.41, 5.74) is 0.525. The molecule has 2 rings (SSSR count). The number of amides is 1. The fourth-order valence-corrected chi connectivity index (χ4v) is 3.54. The summed E-state index contributed by atoms with van der Waals surface area (Å²) in [5.74, 6) is 0.651. The van der Waals surface area contributed by atoms with Crippen LogP contribution in [0.1, 0.15) is 33.6 Å². The van der Waals surface area contributed by atoms with E-state index in [0.29, 0.717) is 5.69 Å². The number of sulfonamides is 1. The van der Waals surface area contributed by atoms with E-state index < -0.39 is 10.0 Å². The number of hydrogen-bond donors (Lipinski definition) is 2. The highest BCUT2D eigenvalue weighted by Crippen LogP contribution is 2.18. The van der Waals surface area contributed by atoms with E-state index in [9.17, 15) is 13.2 Å². The number of benzene rings is 1. The maximum atomic E-state index is 12.5. The molecule has 0 spiro atoms. The maximum absolute atomic E-state index is 12.5. The zero-order valence-electron chi connectivity index (χ0n) is 15.8. The summed E-state index contributed by atoms with van der Waals surface area (Å²) in [6, 6.07) is 9.25. The number of nitrogens with zero attached hydrogens (tertiary/aromatic N) is 3. The van der Waals surface area contributed by atoms with Crippen molar-refractivity contribution >= 4 is 33.3 Å². The van der Waals surface area contributed by atoms with Crippen LogP contribution in [0, 0.1) is 0 Å². The third kappa shape index (κ3) is 5.92. The predicted octanol–water partition coefficient (Wildman–Crippen LogP) is 2.86. The molecule has 0 aliphatic carbocycles. The largest absolute Gasteiger partial charge is 0.355 e. The lowest BCUT2D eigenvalue weighted by Crippen LogP contribution is -2.26. The molecule has 0 saturated carbocycles. The van der Waals surface area contributed by atoms with Crippen LogP contribution in [0.3, 0.4) is 0 Å². The molecule has 0 unspecified atom stereocenters. The Morgan fingerprint density at radius 3 is 2.11 bits per heavy atom. The van der Waals surface area contributed by atoms with Crippen molar-refractivity contribution in [3.63, 3.8) is 0 Å². The third-order valence-electron chi connectivity index (χ3n) is 3.69. The van der Waals surface area contributed by atoms with Gasteiger partial charge in [0.15, 0.2) is 11.6 Å². The van der Waals surface area contributed by atoms with Gasteiger partial charge >= 0.3 is 0 Å². The molecule has 2 N–H and O–H groups in total. The standard InChI is InChI=1S/C18H25N5O3S/c1-4-12-23(13-5-2)18-11-10-17(20-21-18)22-27(25,26)16-8-6-15(7-9-16)19-14(3)24/h6-11H,4-5,12-13H2,1-3H3,(H,19,24)(H,20,22). The van der Waals surface area contributed by atoms with Crippen molar-refractivity contribution in [1.82, 2.24) is 10.2 Å². The van der Waals surface area contributed by atoms with Gasteiger partial charge in [-0.25, -0.2) is 8.42 Å². The highest BCUT2D eigenvalue weighted by atomic mass is 32.2. The van der Waals surface area contributed by atoms with Gasteiger partial charge in [0.25, 0.3) is 10.0 Å². The molecule has 8 nitrogen and oxygen atoms in total. The Morgan fingerprint density at radius 2 is 1.63 bits per heavy atom. The SMILES string of the molecule is CCCN(CCC)c1ccc(NS(=O)(=O)c2ccc(NC(C)=O)cc2)nn1. The Morgan fingerprint density at radius 1 is 1.00 bits per heavy atom. The Hall–Kier alpha value is -2.68. The second-order valence-electron chi connectivity index (χ2n) is 6.07. The summed E-state index contributed by atoms with van der Waals surface area (Å²) < 4.78 is 27.4. The zero-order valence-corrected chi connectivity index (χ0v) is 16.6. The smallest absolute Gasteiger partial charge is 0.263 e. The lowest BCUT2D eigenvalue weighted by Gasteiger charge is -2.21. The summed E-state index contributed by atoms with van der Waals surface area (Å²) in [5, 5.41) is 10.7. The molecule has 2 aromatic rings. The van der Waals surface area contributed by atoms with Crippen molar-refractivity contribution in [2.45, 2.75) is 38.5 Å². The second-order valence-corrected chi connectivity index (χ2v) is 7.76. The molecule has 0 saturated heterocycles. The number of hydrogen-bond acceptors (Lipinski definition) is 6. The van der Waals surface area contributed by atoms with Crippen molar-refractivity contribution in [1.29, 1.82) is 0 Å². The minimum atomic E-state index is -3.79. The van der Waals surface area contributed by atoms with Crippen molar-refractivity contribution in [3.8, 4) is 0 Å². The Labute approximate surface area is 160 Å². The first-order chi connectivity index (χ1) is 12.9. The minimum absolute atomic E-state index is 0.0704. The van der Waals surface area contributed by atoms with Gasteiger partial charge in [0, 0.05) is 25.7 Å². The second kappa shape index (κ2) is 9.31. The van der Waals surface area contributed by atoms with Crippen molar-refractivity contribution in [2.75, 3.05) is 28.0 Å². The first-order valence-corrected chi connectivity index (χ1v) is 10.3. The number of carbonyl (C=O) groups is 1. The van der Waals surface area contributed by atoms with Gasteiger partial charge in [0.05, 0.1) is 4.90 Å². The predicted molar refractivity (Wildman–Crippen MR) is 106 cm³/mol. The number of carbonyl (C=O) groups excluding carboxylic acids is 1. The molecular weight excluding hydrogens is 366 g/mol. The Balaban J connectivity index is 2.11. The molecule has 1 amide bonds. The van der Waals surface area contributed by atoms with Gasteiger partial charge in [0.1, 0.15) is 0 Å². The van der Waals surface area contributed by atoms with Crippen LogP contribution < -0.4 is 14.9 Å². The highest BCUT2D eigenvalue weighted by Gasteiger charge is 2.16. The first kappa shape index (κ1) is 20.6. The average molecular weight is 391 g/mol. The zero-order chi connectivity index (χ0) is 19.9. The fourth-order valence-electron chi connectivity index (χ4n) is 2.55. The van der Waals surface area contributed by atoms with E-state index in [-0.39, 0.29) is 16.6 Å². The number of nitrogens with one attached hydrogen (secondary N) is 2. The van der Waals surface area contributed by atoms with Crippen LogP contribution in [0.5, 0.6) is 0 Å². The van der Waals surface area contributed by atoms with Crippen LogP contribution in [0.15, 0.2) is 41.3 Å². The Kier molecular flexibility index (Phi) is 7.12. The van der Waals surface area contributed by atoms with Crippen LogP contribution in [0.4, 0.5) is 17.3 Å². The summed E-state index contributed by atoms with van der Waals surface area (Å²) >= 11 is 0. The summed E-state index contributed by atoms with van der Waals surface area (Å²) in [4.78, 5) is 13.2. The molecule has 1 aromatic heterocycles. The minimum Gasteiger partial charge on any atom is -0.355 e. The molecule has 27 heavy (non-hydrogen) atoms. The van der Waals surface area contributed by atoms with Gasteiger partial charge in [-0.2, -0.15) is 0 Å². The Bertz CT molecular complexity index is 846. The molecule has 0 fully saturated rings. The van der Waals surface area contributed by atoms with Gasteiger partial charge in [-0.05, 0) is 49.2 Å². The summed E-state index contributed by atoms with van der Waals surface area (Å²) in [6.45, 7) is 7.31. The summed E-state index contributed by atoms with van der Waals surface area (Å²) in [7, 11) is -3.79. The average Bonchev–Trinajstić information content (AvgIpc) is 2.62. The molecule has 0 bridgehead atoms. The lowest BCUT2D eigenvalue weighted by molar-refractivity contribution is -0.114. The molecule has 0 aliphatic rings. The van der Waals surface area contributed by atoms with Crippen LogP contribution in [0.25, 0.3) is 0 Å². The van der Waals surface area contributed by atoms with Crippen molar-refractivity contribution in [2.24, 2.45) is 0 Å². The van der Waals surface area contributed by atoms with E-state index in [2.05, 4.69) is 39.0 Å². The quantitative estimate of drug-likeness (QED) is 0.681. The van der Waals surface area contributed by atoms with E-state index in [0.717, 1.165) is 31.7 Å². The topological polar surface area (TPSA) is 104 Å². The van der Waals surface area contributed by atoms with Gasteiger partial charge < -0.3 is 10.2 Å². The van der Waals surface area contributed by atoms with Crippen LogP contribution in [-0.2, 0) is 14.8 Å². The van der Waals surface area contributed by atoms with Crippen LogP contribution in [-0.4, -0.2) is 37.6 Å². The molecule has 1 heterocycles. The molecule has 0 aliphatic heterocycles. The van der Waals surface area contributed by atoms with E-state index in [1.165, 1.54) is 31.2 Å². The number of aromatic nitrogens is 2. The highest BCUT2D eigenvalue weighted by molar-refractivity contribution is 7.92. The van der Waals surface area contributed by atoms with E-state index in [1.807, 2.05) is 0 Å². The van der Waals surface area contributed by atoms with Gasteiger partial charge in [-0.15, -0.1) is 10.2 Å². The lowest BCUT2D eigenvalue weighted by atomic mass is 10.3. The van der Waals surface area contributed by atoms with Gasteiger partial charge in [-0.3, -0.25) is 9.52 Å². The molecule has 1 aromatic carbocycles. The first-order valence-electron chi connectivity index (χ1n) is 8.85. The third-order valence-corrected chi connectivity index (χ3v) is 5.06. The van der Waals surface area contributed by atoms with Crippen LogP contribution in [0.2, 0.25) is 0 Å². The molecule has 0 radical (unpaired) electrons. The summed E-state index contributed by atoms with van der Waals surface area (Å²) in [6.07, 6.45) is 1.98. The van der Waals surface area contributed by atoms with Gasteiger partial charge in [0.2, 0.25) is 5.91 Å². The molecule has 146 valence electrons. The van der Waals surface area contributed by atoms with Gasteiger partial charge in [-0.1, -0.05) is 13.8 Å². The maximum Gasteiger partial charge on any atom is 0.263 e. The number of rotatable bonds is 9. The van der Waals surface area contributed by atoms with E-state index >= 15 is 0 Å². The van der Waals surface area contributed by atoms with Crippen LogP contribution >= 0.6 is 0 Å².